The van der Waals surface area contributed by atoms with Gasteiger partial charge in [-0.3, -0.25) is 27.9 Å². The highest BCUT2D eigenvalue weighted by molar-refractivity contribution is 7.48. The van der Waals surface area contributed by atoms with Crippen LogP contribution in [0.3, 0.4) is 0 Å². The van der Waals surface area contributed by atoms with Crippen LogP contribution in [0.25, 0.3) is 0 Å². The van der Waals surface area contributed by atoms with Gasteiger partial charge >= 0.3 is 13.5 Å². The molecule has 146 valence electrons. The maximum absolute atomic E-state index is 13.9. The summed E-state index contributed by atoms with van der Waals surface area (Å²) in [6.45, 7) is 2.82. The number of H-pyrrole nitrogens is 1. The van der Waals surface area contributed by atoms with Crippen molar-refractivity contribution in [3.05, 3.63) is 33.1 Å². The number of nitrogens with one attached hydrogen (secondary N) is 1. The fourth-order valence-electron chi connectivity index (χ4n) is 3.13. The monoisotopic (exact) mass is 394 g/mol. The van der Waals surface area contributed by atoms with Crippen molar-refractivity contribution < 1.29 is 32.4 Å². The predicted molar refractivity (Wildman–Crippen MR) is 85.4 cm³/mol. The van der Waals surface area contributed by atoms with Gasteiger partial charge in [0.2, 0.25) is 0 Å². The van der Waals surface area contributed by atoms with Gasteiger partial charge in [0, 0.05) is 12.3 Å². The van der Waals surface area contributed by atoms with Gasteiger partial charge in [0.05, 0.1) is 12.7 Å². The first-order valence-electron chi connectivity index (χ1n) is 7.92. The van der Waals surface area contributed by atoms with E-state index in [0.717, 1.165) is 16.8 Å². The zero-order valence-corrected chi connectivity index (χ0v) is 15.3. The zero-order chi connectivity index (χ0) is 19.3. The topological polar surface area (TPSA) is 129 Å². The van der Waals surface area contributed by atoms with E-state index in [1.54, 1.807) is 13.8 Å². The molecule has 0 amide bonds. The summed E-state index contributed by atoms with van der Waals surface area (Å²) in [5.74, 6) is 0. The van der Waals surface area contributed by atoms with Crippen molar-refractivity contribution in [1.82, 2.24) is 9.55 Å². The second-order valence-corrected chi connectivity index (χ2v) is 8.35. The van der Waals surface area contributed by atoms with Gasteiger partial charge in [0.15, 0.2) is 11.8 Å². The number of phosphoric acid groups is 1. The highest BCUT2D eigenvalue weighted by atomic mass is 31.2. The summed E-state index contributed by atoms with van der Waals surface area (Å²) in [5, 5.41) is 11.0. The molecule has 1 aromatic heterocycles. The van der Waals surface area contributed by atoms with Crippen LogP contribution in [0.2, 0.25) is 0 Å². The number of hydrogen-bond acceptors (Lipinski definition) is 8. The van der Waals surface area contributed by atoms with E-state index in [0.29, 0.717) is 0 Å². The van der Waals surface area contributed by atoms with Crippen LogP contribution in [0.15, 0.2) is 21.9 Å². The van der Waals surface area contributed by atoms with Crippen molar-refractivity contribution in [2.45, 2.75) is 50.4 Å². The SMILES string of the molecule is CC(C)OP1(=O)OC[C@@]2(CF)OC(n3ccc(=O)[nH]c3=O)[C@](C)(O)[C@@H]2O1. The number of aromatic amines is 1. The molecule has 0 aromatic carbocycles. The number of halogens is 1. The summed E-state index contributed by atoms with van der Waals surface area (Å²) in [7, 11) is -4.06. The van der Waals surface area contributed by atoms with E-state index in [1.165, 1.54) is 6.92 Å². The third-order valence-electron chi connectivity index (χ3n) is 4.23. The van der Waals surface area contributed by atoms with Gasteiger partial charge in [-0.25, -0.2) is 13.8 Å². The standard InChI is InChI=1S/C14H20FN2O8P/c1-8(2)24-26(21)22-7-14(6-15)10(25-26)13(3,20)11(23-14)17-5-4-9(18)16-12(17)19/h4-5,8,10-11,20H,6-7H2,1-3H3,(H,16,18,19)/t10-,11?,13+,14+,26?/m0/s1. The summed E-state index contributed by atoms with van der Waals surface area (Å²) in [6, 6.07) is 1.05. The molecule has 12 heteroatoms. The van der Waals surface area contributed by atoms with Crippen LogP contribution in [-0.2, 0) is 22.9 Å². The molecule has 10 nitrogen and oxygen atoms in total. The second kappa shape index (κ2) is 6.36. The molecule has 0 radical (unpaired) electrons. The number of aromatic nitrogens is 2. The Morgan fingerprint density at radius 1 is 1.54 bits per heavy atom. The number of rotatable bonds is 4. The average Bonchev–Trinajstić information content (AvgIpc) is 2.75. The van der Waals surface area contributed by atoms with Crippen LogP contribution in [0.4, 0.5) is 4.39 Å². The summed E-state index contributed by atoms with van der Waals surface area (Å²) in [6.07, 6.45) is -2.26. The van der Waals surface area contributed by atoms with Gasteiger partial charge in [-0.2, -0.15) is 0 Å². The molecule has 0 aliphatic carbocycles. The van der Waals surface area contributed by atoms with Crippen LogP contribution >= 0.6 is 7.82 Å². The number of nitrogens with zero attached hydrogens (tertiary/aromatic N) is 1. The van der Waals surface area contributed by atoms with Gasteiger partial charge in [0.1, 0.15) is 18.4 Å². The largest absolute Gasteiger partial charge is 0.475 e. The summed E-state index contributed by atoms with van der Waals surface area (Å²) in [4.78, 5) is 25.3. The molecular formula is C14H20FN2O8P. The lowest BCUT2D eigenvalue weighted by molar-refractivity contribution is -0.157. The lowest BCUT2D eigenvalue weighted by atomic mass is 9.88. The molecule has 2 aliphatic heterocycles. The van der Waals surface area contributed by atoms with E-state index >= 15 is 0 Å². The van der Waals surface area contributed by atoms with Gasteiger partial charge in [-0.05, 0) is 20.8 Å². The van der Waals surface area contributed by atoms with Gasteiger partial charge < -0.3 is 9.84 Å². The van der Waals surface area contributed by atoms with Gasteiger partial charge in [-0.15, -0.1) is 0 Å². The van der Waals surface area contributed by atoms with Crippen molar-refractivity contribution in [1.29, 1.82) is 0 Å². The Bertz CT molecular complexity index is 852. The van der Waals surface area contributed by atoms with Gasteiger partial charge in [-0.1, -0.05) is 0 Å². The molecule has 2 saturated heterocycles. The molecular weight excluding hydrogens is 374 g/mol. The first-order chi connectivity index (χ1) is 12.0. The van der Waals surface area contributed by atoms with E-state index in [4.69, 9.17) is 18.3 Å². The molecule has 0 bridgehead atoms. The third-order valence-corrected chi connectivity index (χ3v) is 5.82. The third kappa shape index (κ3) is 3.08. The molecule has 2 fully saturated rings. The number of hydrogen-bond donors (Lipinski definition) is 2. The smallest absolute Gasteiger partial charge is 0.383 e. The maximum atomic E-state index is 13.9. The van der Waals surface area contributed by atoms with Crippen LogP contribution in [0.1, 0.15) is 27.0 Å². The highest BCUT2D eigenvalue weighted by Gasteiger charge is 2.68. The predicted octanol–water partition coefficient (Wildman–Crippen LogP) is 0.473. The van der Waals surface area contributed by atoms with Crippen molar-refractivity contribution >= 4 is 7.82 Å². The van der Waals surface area contributed by atoms with Gasteiger partial charge in [0.25, 0.3) is 5.56 Å². The number of alkyl halides is 1. The number of aliphatic hydroxyl groups is 1. The van der Waals surface area contributed by atoms with E-state index in [1.807, 2.05) is 4.98 Å². The minimum absolute atomic E-state index is 0.511. The van der Waals surface area contributed by atoms with Crippen LogP contribution in [0.5, 0.6) is 0 Å². The average molecular weight is 394 g/mol. The molecule has 3 rings (SSSR count). The van der Waals surface area contributed by atoms with E-state index in [-0.39, 0.29) is 0 Å². The number of ether oxygens (including phenoxy) is 1. The first kappa shape index (κ1) is 19.4. The second-order valence-electron chi connectivity index (χ2n) is 6.77. The van der Waals surface area contributed by atoms with Crippen molar-refractivity contribution in [2.24, 2.45) is 0 Å². The zero-order valence-electron chi connectivity index (χ0n) is 14.4. The molecule has 1 aromatic rings. The lowest BCUT2D eigenvalue weighted by Gasteiger charge is -2.40. The Morgan fingerprint density at radius 2 is 2.23 bits per heavy atom. The molecule has 3 heterocycles. The van der Waals surface area contributed by atoms with Crippen molar-refractivity contribution in [3.63, 3.8) is 0 Å². The molecule has 5 atom stereocenters. The highest BCUT2D eigenvalue weighted by Crippen LogP contribution is 2.62. The Labute approximate surface area is 147 Å². The van der Waals surface area contributed by atoms with E-state index < -0.39 is 62.0 Å². The minimum Gasteiger partial charge on any atom is -0.383 e. The molecule has 2 unspecified atom stereocenters. The molecule has 2 N–H and O–H groups in total. The molecule has 26 heavy (non-hydrogen) atoms. The Morgan fingerprint density at radius 3 is 2.81 bits per heavy atom. The van der Waals surface area contributed by atoms with Crippen LogP contribution in [-0.4, -0.2) is 51.3 Å². The maximum Gasteiger partial charge on any atom is 0.475 e. The van der Waals surface area contributed by atoms with E-state index in [2.05, 4.69) is 0 Å². The molecule has 0 spiro atoms. The Kier molecular flexibility index (Phi) is 4.75. The summed E-state index contributed by atoms with van der Waals surface area (Å²) in [5.41, 5.74) is -5.28. The summed E-state index contributed by atoms with van der Waals surface area (Å²) < 4.78 is 48.6. The quantitative estimate of drug-likeness (QED) is 0.706. The Hall–Kier alpha value is -1.36. The van der Waals surface area contributed by atoms with Crippen molar-refractivity contribution in [2.75, 3.05) is 13.3 Å². The number of fused-ring (bicyclic) bond motifs is 1. The minimum atomic E-state index is -4.06. The Balaban J connectivity index is 2.02. The molecule has 2 aliphatic rings. The fraction of sp³-hybridized carbons (Fsp3) is 0.714. The van der Waals surface area contributed by atoms with Crippen molar-refractivity contribution in [3.8, 4) is 0 Å². The fourth-order valence-corrected chi connectivity index (χ4v) is 4.86. The number of phosphoric ester groups is 1. The van der Waals surface area contributed by atoms with Crippen LogP contribution in [0, 0.1) is 0 Å². The van der Waals surface area contributed by atoms with Crippen LogP contribution < -0.4 is 11.2 Å². The molecule has 0 saturated carbocycles. The first-order valence-corrected chi connectivity index (χ1v) is 9.38. The normalized spacial score (nSPS) is 39.9. The lowest BCUT2D eigenvalue weighted by Crippen LogP contribution is -2.56. The van der Waals surface area contributed by atoms with E-state index in [9.17, 15) is 23.7 Å². The summed E-state index contributed by atoms with van der Waals surface area (Å²) >= 11 is 0.